The molecule has 1 aromatic carbocycles. The van der Waals surface area contributed by atoms with Gasteiger partial charge in [0, 0.05) is 13.1 Å². The van der Waals surface area contributed by atoms with Gasteiger partial charge in [-0.25, -0.2) is 0 Å². The van der Waals surface area contributed by atoms with E-state index in [1.807, 2.05) is 0 Å². The highest BCUT2D eigenvalue weighted by atomic mass is 19.4. The number of ether oxygens (including phenoxy) is 2. The van der Waals surface area contributed by atoms with Crippen LogP contribution in [0.3, 0.4) is 0 Å². The number of hydrogen-bond donors (Lipinski definition) is 3. The molecule has 0 aromatic heterocycles. The molecule has 1 aliphatic heterocycles. The Hall–Kier alpha value is -1.84. The third kappa shape index (κ3) is 5.87. The molecular formula is C16H21F3N2O4. The maximum atomic E-state index is 12.4. The van der Waals surface area contributed by atoms with E-state index in [1.165, 1.54) is 12.1 Å². The summed E-state index contributed by atoms with van der Waals surface area (Å²) < 4.78 is 48.0. The molecule has 0 radical (unpaired) electrons. The Morgan fingerprint density at radius 1 is 1.36 bits per heavy atom. The number of carbonyl (C=O) groups excluding carboxylic acids is 1. The number of carbonyl (C=O) groups is 1. The van der Waals surface area contributed by atoms with Gasteiger partial charge in [0.15, 0.2) is 0 Å². The number of aliphatic hydroxyl groups is 1. The number of halogens is 3. The van der Waals surface area contributed by atoms with Crippen molar-refractivity contribution in [3.8, 4) is 5.75 Å². The summed E-state index contributed by atoms with van der Waals surface area (Å²) in [6, 6.07) is 4.14. The van der Waals surface area contributed by atoms with E-state index in [0.29, 0.717) is 19.4 Å². The van der Waals surface area contributed by atoms with Crippen molar-refractivity contribution in [2.75, 3.05) is 19.7 Å². The first-order valence-corrected chi connectivity index (χ1v) is 7.91. The van der Waals surface area contributed by atoms with E-state index in [-0.39, 0.29) is 30.9 Å². The van der Waals surface area contributed by atoms with E-state index >= 15 is 0 Å². The summed E-state index contributed by atoms with van der Waals surface area (Å²) in [6.45, 7) is 0.141. The van der Waals surface area contributed by atoms with Crippen molar-refractivity contribution >= 4 is 5.91 Å². The molecule has 0 bridgehead atoms. The van der Waals surface area contributed by atoms with E-state index in [4.69, 9.17) is 15.2 Å². The second-order valence-corrected chi connectivity index (χ2v) is 5.79. The van der Waals surface area contributed by atoms with Crippen LogP contribution in [0.15, 0.2) is 24.3 Å². The van der Waals surface area contributed by atoms with Gasteiger partial charge >= 0.3 is 6.18 Å². The lowest BCUT2D eigenvalue weighted by molar-refractivity contribution is -0.137. The Labute approximate surface area is 143 Å². The molecule has 2 rings (SSSR count). The molecule has 25 heavy (non-hydrogen) atoms. The zero-order chi connectivity index (χ0) is 18.4. The summed E-state index contributed by atoms with van der Waals surface area (Å²) in [5.41, 5.74) is 4.69. The van der Waals surface area contributed by atoms with Crippen LogP contribution >= 0.6 is 0 Å². The largest absolute Gasteiger partial charge is 0.491 e. The monoisotopic (exact) mass is 362 g/mol. The molecule has 9 heteroatoms. The van der Waals surface area contributed by atoms with Crippen LogP contribution in [0.1, 0.15) is 18.4 Å². The molecule has 1 saturated heterocycles. The molecule has 0 saturated carbocycles. The molecule has 3 atom stereocenters. The lowest BCUT2D eigenvalue weighted by atomic mass is 10.2. The predicted octanol–water partition coefficient (Wildman–Crippen LogP) is 1.07. The lowest BCUT2D eigenvalue weighted by Crippen LogP contribution is -2.41. The highest BCUT2D eigenvalue weighted by Crippen LogP contribution is 2.30. The second-order valence-electron chi connectivity index (χ2n) is 5.79. The topological polar surface area (TPSA) is 93.8 Å². The standard InChI is InChI=1S/C16H21F3N2O4/c17-16(18,19)10-1-3-12(4-2-10)24-9-11(22)8-21-15(23)14-6-5-13(7-20)25-14/h1-4,11,13-14,22H,5-9,20H2,(H,21,23)/t11?,13-,14+/m1/s1. The first kappa shape index (κ1) is 19.5. The molecule has 4 N–H and O–H groups in total. The number of nitrogens with two attached hydrogens (primary N) is 1. The van der Waals surface area contributed by atoms with E-state index in [0.717, 1.165) is 12.1 Å². The van der Waals surface area contributed by atoms with Crippen LogP contribution in [-0.2, 0) is 15.7 Å². The van der Waals surface area contributed by atoms with Gasteiger partial charge in [-0.15, -0.1) is 0 Å². The fourth-order valence-corrected chi connectivity index (χ4v) is 2.40. The summed E-state index contributed by atoms with van der Waals surface area (Å²) in [4.78, 5) is 11.9. The van der Waals surface area contributed by atoms with Crippen molar-refractivity contribution in [1.29, 1.82) is 0 Å². The predicted molar refractivity (Wildman–Crippen MR) is 82.9 cm³/mol. The quantitative estimate of drug-likeness (QED) is 0.675. The molecule has 1 unspecified atom stereocenters. The normalized spacial score (nSPS) is 21.8. The number of aliphatic hydroxyl groups excluding tert-OH is 1. The SMILES string of the molecule is NC[C@H]1CC[C@@H](C(=O)NCC(O)COc2ccc(C(F)(F)F)cc2)O1. The minimum atomic E-state index is -4.41. The molecule has 1 heterocycles. The first-order chi connectivity index (χ1) is 11.8. The number of alkyl halides is 3. The Bertz CT molecular complexity index is 565. The zero-order valence-electron chi connectivity index (χ0n) is 13.5. The maximum absolute atomic E-state index is 12.4. The summed E-state index contributed by atoms with van der Waals surface area (Å²) >= 11 is 0. The minimum absolute atomic E-state index is 0.0490. The molecule has 1 aromatic rings. The molecule has 1 amide bonds. The van der Waals surface area contributed by atoms with E-state index < -0.39 is 23.9 Å². The summed E-state index contributed by atoms with van der Waals surface area (Å²) in [5, 5.41) is 12.4. The van der Waals surface area contributed by atoms with E-state index in [1.54, 1.807) is 0 Å². The van der Waals surface area contributed by atoms with Gasteiger partial charge in [0.1, 0.15) is 24.6 Å². The highest BCUT2D eigenvalue weighted by molar-refractivity contribution is 5.81. The average molecular weight is 362 g/mol. The van der Waals surface area contributed by atoms with Gasteiger partial charge in [0.05, 0.1) is 11.7 Å². The molecular weight excluding hydrogens is 341 g/mol. The van der Waals surface area contributed by atoms with Crippen LogP contribution in [0.4, 0.5) is 13.2 Å². The molecule has 6 nitrogen and oxygen atoms in total. The van der Waals surface area contributed by atoms with Crippen LogP contribution in [0.25, 0.3) is 0 Å². The lowest BCUT2D eigenvalue weighted by Gasteiger charge is -2.16. The number of rotatable bonds is 7. The van der Waals surface area contributed by atoms with Crippen molar-refractivity contribution < 1.29 is 32.5 Å². The van der Waals surface area contributed by atoms with Crippen LogP contribution in [-0.4, -0.2) is 49.0 Å². The van der Waals surface area contributed by atoms with E-state index in [9.17, 15) is 23.1 Å². The average Bonchev–Trinajstić information content (AvgIpc) is 3.06. The van der Waals surface area contributed by atoms with Gasteiger partial charge < -0.3 is 25.6 Å². The number of benzene rings is 1. The Morgan fingerprint density at radius 3 is 2.60 bits per heavy atom. The van der Waals surface area contributed by atoms with Crippen LogP contribution < -0.4 is 15.8 Å². The smallest absolute Gasteiger partial charge is 0.416 e. The van der Waals surface area contributed by atoms with Crippen molar-refractivity contribution in [2.24, 2.45) is 5.73 Å². The van der Waals surface area contributed by atoms with E-state index in [2.05, 4.69) is 5.32 Å². The third-order valence-electron chi connectivity index (χ3n) is 3.80. The molecule has 1 aliphatic rings. The second kappa shape index (κ2) is 8.50. The van der Waals surface area contributed by atoms with Gasteiger partial charge in [-0.05, 0) is 37.1 Å². The number of nitrogens with one attached hydrogen (secondary N) is 1. The zero-order valence-corrected chi connectivity index (χ0v) is 13.5. The van der Waals surface area contributed by atoms with Crippen LogP contribution in [0.2, 0.25) is 0 Å². The molecule has 1 fully saturated rings. The molecule has 0 aliphatic carbocycles. The summed E-state index contributed by atoms with van der Waals surface area (Å²) in [6.07, 6.45) is -4.81. The van der Waals surface area contributed by atoms with Crippen molar-refractivity contribution in [2.45, 2.75) is 37.3 Å². The van der Waals surface area contributed by atoms with Crippen molar-refractivity contribution in [3.63, 3.8) is 0 Å². The number of amides is 1. The Kier molecular flexibility index (Phi) is 6.63. The van der Waals surface area contributed by atoms with Gasteiger partial charge in [0.2, 0.25) is 5.91 Å². The van der Waals surface area contributed by atoms with Crippen LogP contribution in [0.5, 0.6) is 5.75 Å². The number of hydrogen-bond acceptors (Lipinski definition) is 5. The summed E-state index contributed by atoms with van der Waals surface area (Å²) in [7, 11) is 0. The fraction of sp³-hybridized carbons (Fsp3) is 0.562. The summed E-state index contributed by atoms with van der Waals surface area (Å²) in [5.74, 6) is -0.132. The van der Waals surface area contributed by atoms with Gasteiger partial charge in [0.25, 0.3) is 0 Å². The third-order valence-corrected chi connectivity index (χ3v) is 3.80. The van der Waals surface area contributed by atoms with Gasteiger partial charge in [-0.2, -0.15) is 13.2 Å². The van der Waals surface area contributed by atoms with Gasteiger partial charge in [-0.3, -0.25) is 4.79 Å². The maximum Gasteiger partial charge on any atom is 0.416 e. The first-order valence-electron chi connectivity index (χ1n) is 7.91. The van der Waals surface area contributed by atoms with Crippen LogP contribution in [0, 0.1) is 0 Å². The van der Waals surface area contributed by atoms with Gasteiger partial charge in [-0.1, -0.05) is 0 Å². The fourth-order valence-electron chi connectivity index (χ4n) is 2.40. The molecule has 0 spiro atoms. The highest BCUT2D eigenvalue weighted by Gasteiger charge is 2.30. The Morgan fingerprint density at radius 2 is 2.04 bits per heavy atom. The molecule has 140 valence electrons. The Balaban J connectivity index is 1.70. The van der Waals surface area contributed by atoms with Crippen molar-refractivity contribution in [3.05, 3.63) is 29.8 Å². The minimum Gasteiger partial charge on any atom is -0.491 e. The van der Waals surface area contributed by atoms with Crippen molar-refractivity contribution in [1.82, 2.24) is 5.32 Å².